The maximum atomic E-state index is 10.7. The van der Waals surface area contributed by atoms with Gasteiger partial charge in [-0.15, -0.1) is 0 Å². The van der Waals surface area contributed by atoms with Crippen LogP contribution in [0.5, 0.6) is 0 Å². The lowest BCUT2D eigenvalue weighted by Gasteiger charge is -2.39. The zero-order valence-corrected chi connectivity index (χ0v) is 12.3. The second-order valence-corrected chi connectivity index (χ2v) is 6.60. The molecule has 0 radical (unpaired) electrons. The Balaban J connectivity index is 2.13. The van der Waals surface area contributed by atoms with Crippen LogP contribution in [0.25, 0.3) is 0 Å². The van der Waals surface area contributed by atoms with Gasteiger partial charge in [-0.05, 0) is 55.2 Å². The van der Waals surface area contributed by atoms with E-state index in [0.29, 0.717) is 12.3 Å². The first-order valence-corrected chi connectivity index (χ1v) is 7.25. The molecule has 0 heterocycles. The second kappa shape index (κ2) is 5.22. The number of aliphatic hydroxyl groups is 1. The molecular formula is C16H23ClO. The van der Waals surface area contributed by atoms with Crippen LogP contribution in [-0.2, 0) is 6.42 Å². The summed E-state index contributed by atoms with van der Waals surface area (Å²) < 4.78 is 0. The van der Waals surface area contributed by atoms with Crippen molar-refractivity contribution < 1.29 is 5.11 Å². The Kier molecular flexibility index (Phi) is 4.03. The molecule has 1 aliphatic rings. The van der Waals surface area contributed by atoms with E-state index in [2.05, 4.69) is 26.0 Å². The molecule has 2 rings (SSSR count). The molecular weight excluding hydrogens is 244 g/mol. The Morgan fingerprint density at radius 3 is 2.67 bits per heavy atom. The molecule has 0 saturated heterocycles. The fraction of sp³-hybridized carbons (Fsp3) is 0.625. The summed E-state index contributed by atoms with van der Waals surface area (Å²) in [5.41, 5.74) is 1.68. The van der Waals surface area contributed by atoms with E-state index < -0.39 is 5.60 Å². The van der Waals surface area contributed by atoms with E-state index in [1.54, 1.807) is 0 Å². The SMILES string of the molecule is Cc1ccc(CC2(O)CCC(C)C(C)C2)c(Cl)c1. The first-order chi connectivity index (χ1) is 8.39. The summed E-state index contributed by atoms with van der Waals surface area (Å²) in [6, 6.07) is 6.10. The summed E-state index contributed by atoms with van der Waals surface area (Å²) in [6.45, 7) is 6.56. The van der Waals surface area contributed by atoms with Gasteiger partial charge in [-0.2, -0.15) is 0 Å². The van der Waals surface area contributed by atoms with Crippen molar-refractivity contribution in [3.63, 3.8) is 0 Å². The Bertz CT molecular complexity index is 429. The summed E-state index contributed by atoms with van der Waals surface area (Å²) in [5, 5.41) is 11.5. The van der Waals surface area contributed by atoms with Crippen molar-refractivity contribution in [3.05, 3.63) is 34.3 Å². The quantitative estimate of drug-likeness (QED) is 0.842. The fourth-order valence-corrected chi connectivity index (χ4v) is 3.30. The van der Waals surface area contributed by atoms with Crippen LogP contribution in [0.4, 0.5) is 0 Å². The predicted molar refractivity (Wildman–Crippen MR) is 77.0 cm³/mol. The van der Waals surface area contributed by atoms with E-state index in [1.807, 2.05) is 13.0 Å². The molecule has 1 aromatic rings. The van der Waals surface area contributed by atoms with Crippen molar-refractivity contribution in [2.24, 2.45) is 11.8 Å². The van der Waals surface area contributed by atoms with Crippen molar-refractivity contribution in [1.29, 1.82) is 0 Å². The standard InChI is InChI=1S/C16H23ClO/c1-11-4-5-14(15(17)8-11)10-16(18)7-6-12(2)13(3)9-16/h4-5,8,12-13,18H,6-7,9-10H2,1-3H3. The van der Waals surface area contributed by atoms with Gasteiger partial charge in [0.2, 0.25) is 0 Å². The third-order valence-electron chi connectivity index (χ3n) is 4.47. The average molecular weight is 267 g/mol. The molecule has 1 fully saturated rings. The van der Waals surface area contributed by atoms with Gasteiger partial charge in [-0.3, -0.25) is 0 Å². The summed E-state index contributed by atoms with van der Waals surface area (Å²) in [4.78, 5) is 0. The lowest BCUT2D eigenvalue weighted by atomic mass is 9.71. The van der Waals surface area contributed by atoms with Gasteiger partial charge in [0.1, 0.15) is 0 Å². The molecule has 1 N–H and O–H groups in total. The van der Waals surface area contributed by atoms with Crippen molar-refractivity contribution in [2.75, 3.05) is 0 Å². The van der Waals surface area contributed by atoms with E-state index in [-0.39, 0.29) is 0 Å². The van der Waals surface area contributed by atoms with E-state index in [1.165, 1.54) is 5.56 Å². The minimum absolute atomic E-state index is 0.565. The van der Waals surface area contributed by atoms with Gasteiger partial charge in [0.25, 0.3) is 0 Å². The zero-order valence-electron chi connectivity index (χ0n) is 11.5. The maximum absolute atomic E-state index is 10.7. The molecule has 3 unspecified atom stereocenters. The van der Waals surface area contributed by atoms with Crippen LogP contribution >= 0.6 is 11.6 Å². The van der Waals surface area contributed by atoms with Gasteiger partial charge in [-0.25, -0.2) is 0 Å². The molecule has 3 atom stereocenters. The van der Waals surface area contributed by atoms with Crippen LogP contribution in [-0.4, -0.2) is 10.7 Å². The van der Waals surface area contributed by atoms with Gasteiger partial charge in [0, 0.05) is 11.4 Å². The summed E-state index contributed by atoms with van der Waals surface area (Å²) in [5.74, 6) is 1.31. The van der Waals surface area contributed by atoms with Gasteiger partial charge < -0.3 is 5.11 Å². The van der Waals surface area contributed by atoms with Crippen LogP contribution in [0.3, 0.4) is 0 Å². The molecule has 100 valence electrons. The first kappa shape index (κ1) is 13.9. The molecule has 1 aliphatic carbocycles. The van der Waals surface area contributed by atoms with Gasteiger partial charge in [-0.1, -0.05) is 37.6 Å². The second-order valence-electron chi connectivity index (χ2n) is 6.19. The molecule has 2 heteroatoms. The van der Waals surface area contributed by atoms with Crippen LogP contribution in [0.15, 0.2) is 18.2 Å². The molecule has 1 saturated carbocycles. The molecule has 1 nitrogen and oxygen atoms in total. The Morgan fingerprint density at radius 2 is 2.06 bits per heavy atom. The number of hydrogen-bond donors (Lipinski definition) is 1. The molecule has 1 aromatic carbocycles. The largest absolute Gasteiger partial charge is 0.390 e. The summed E-state index contributed by atoms with van der Waals surface area (Å²) in [7, 11) is 0. The van der Waals surface area contributed by atoms with Gasteiger partial charge in [0.05, 0.1) is 5.60 Å². The highest BCUT2D eigenvalue weighted by molar-refractivity contribution is 6.31. The summed E-state index contributed by atoms with van der Waals surface area (Å²) >= 11 is 6.26. The third-order valence-corrected chi connectivity index (χ3v) is 4.82. The lowest BCUT2D eigenvalue weighted by molar-refractivity contribution is -0.0279. The lowest BCUT2D eigenvalue weighted by Crippen LogP contribution is -2.39. The van der Waals surface area contributed by atoms with Crippen LogP contribution in [0.2, 0.25) is 5.02 Å². The van der Waals surface area contributed by atoms with Gasteiger partial charge >= 0.3 is 0 Å². The first-order valence-electron chi connectivity index (χ1n) is 6.87. The average Bonchev–Trinajstić information content (AvgIpc) is 2.28. The third kappa shape index (κ3) is 3.07. The van der Waals surface area contributed by atoms with E-state index in [4.69, 9.17) is 11.6 Å². The van der Waals surface area contributed by atoms with Crippen LogP contribution in [0.1, 0.15) is 44.2 Å². The summed E-state index contributed by atoms with van der Waals surface area (Å²) in [6.07, 6.45) is 3.57. The van der Waals surface area contributed by atoms with Gasteiger partial charge in [0.15, 0.2) is 0 Å². The predicted octanol–water partition coefficient (Wildman–Crippen LogP) is 4.38. The van der Waals surface area contributed by atoms with E-state index >= 15 is 0 Å². The van der Waals surface area contributed by atoms with Crippen molar-refractivity contribution in [3.8, 4) is 0 Å². The monoisotopic (exact) mass is 266 g/mol. The molecule has 0 aliphatic heterocycles. The molecule has 0 bridgehead atoms. The number of benzene rings is 1. The molecule has 0 aromatic heterocycles. The van der Waals surface area contributed by atoms with Crippen molar-refractivity contribution >= 4 is 11.6 Å². The zero-order chi connectivity index (χ0) is 13.3. The topological polar surface area (TPSA) is 20.2 Å². The Hall–Kier alpha value is -0.530. The van der Waals surface area contributed by atoms with E-state index in [9.17, 15) is 5.11 Å². The van der Waals surface area contributed by atoms with Crippen molar-refractivity contribution in [1.82, 2.24) is 0 Å². The normalized spacial score (nSPS) is 32.5. The highest BCUT2D eigenvalue weighted by Crippen LogP contribution is 2.39. The highest BCUT2D eigenvalue weighted by Gasteiger charge is 2.36. The number of hydrogen-bond acceptors (Lipinski definition) is 1. The molecule has 0 spiro atoms. The smallest absolute Gasteiger partial charge is 0.0691 e. The Morgan fingerprint density at radius 1 is 1.33 bits per heavy atom. The van der Waals surface area contributed by atoms with E-state index in [0.717, 1.165) is 35.8 Å². The maximum Gasteiger partial charge on any atom is 0.0691 e. The van der Waals surface area contributed by atoms with Crippen molar-refractivity contribution in [2.45, 2.75) is 52.1 Å². The fourth-order valence-electron chi connectivity index (χ4n) is 2.99. The molecule has 18 heavy (non-hydrogen) atoms. The van der Waals surface area contributed by atoms with Crippen LogP contribution < -0.4 is 0 Å². The Labute approximate surface area is 115 Å². The number of rotatable bonds is 2. The minimum atomic E-state index is -0.565. The van der Waals surface area contributed by atoms with Crippen LogP contribution in [0, 0.1) is 18.8 Å². The molecule has 0 amide bonds. The number of aryl methyl sites for hydroxylation is 1. The number of halogens is 1. The highest BCUT2D eigenvalue weighted by atomic mass is 35.5. The minimum Gasteiger partial charge on any atom is -0.390 e.